The molecule has 0 spiro atoms. The van der Waals surface area contributed by atoms with Gasteiger partial charge in [0.15, 0.2) is 17.2 Å². The zero-order valence-corrected chi connectivity index (χ0v) is 29.8. The van der Waals surface area contributed by atoms with Crippen molar-refractivity contribution in [1.29, 1.82) is 0 Å². The summed E-state index contributed by atoms with van der Waals surface area (Å²) in [6, 6.07) is 14.3. The van der Waals surface area contributed by atoms with Gasteiger partial charge in [0.2, 0.25) is 0 Å². The fourth-order valence-corrected chi connectivity index (χ4v) is 8.65. The third kappa shape index (κ3) is 9.69. The van der Waals surface area contributed by atoms with Crippen LogP contribution in [0.4, 0.5) is 0 Å². The molecular weight excluding hydrogens is 598 g/mol. The van der Waals surface area contributed by atoms with Crippen LogP contribution >= 0.6 is 7.92 Å². The molecule has 3 aromatic rings. The number of aromatic hydroxyl groups is 1. The first-order valence-corrected chi connectivity index (χ1v) is 16.1. The average molecular weight is 650 g/mol. The van der Waals surface area contributed by atoms with Gasteiger partial charge in [-0.05, 0) is 67.5 Å². The molecule has 4 nitrogen and oxygen atoms in total. The Hall–Kier alpha value is -2.61. The van der Waals surface area contributed by atoms with Crippen LogP contribution in [0.3, 0.4) is 0 Å². The third-order valence-corrected chi connectivity index (χ3v) is 10.7. The van der Waals surface area contributed by atoms with Crippen molar-refractivity contribution < 1.29 is 35.8 Å². The van der Waals surface area contributed by atoms with E-state index in [9.17, 15) is 5.11 Å². The number of allylic oxidation sites excluding steroid dienone is 2. The first-order valence-electron chi connectivity index (χ1n) is 14.6. The number of ether oxygens (including phenoxy) is 3. The van der Waals surface area contributed by atoms with Gasteiger partial charge in [-0.25, -0.2) is 0 Å². The summed E-state index contributed by atoms with van der Waals surface area (Å²) in [5.74, 6) is 2.68. The molecule has 0 amide bonds. The molecule has 43 heavy (non-hydrogen) atoms. The first-order chi connectivity index (χ1) is 19.5. The molecule has 0 fully saturated rings. The van der Waals surface area contributed by atoms with Gasteiger partial charge in [-0.2, -0.15) is 12.8 Å². The number of hydrogen-bond acceptors (Lipinski definition) is 4. The van der Waals surface area contributed by atoms with Crippen LogP contribution in [0.25, 0.3) is 0 Å². The molecule has 0 saturated carbocycles. The van der Waals surface area contributed by atoms with E-state index < -0.39 is 7.92 Å². The van der Waals surface area contributed by atoms with Crippen molar-refractivity contribution in [2.24, 2.45) is 0 Å². The molecule has 1 aliphatic rings. The van der Waals surface area contributed by atoms with Gasteiger partial charge in [0.1, 0.15) is 29.6 Å². The topological polar surface area (TPSA) is 47.9 Å². The molecule has 0 saturated heterocycles. The molecule has 3 aromatic carbocycles. The van der Waals surface area contributed by atoms with Gasteiger partial charge >= 0.3 is 0 Å². The van der Waals surface area contributed by atoms with Gasteiger partial charge in [0, 0.05) is 35.5 Å². The predicted molar refractivity (Wildman–Crippen MR) is 184 cm³/mol. The Morgan fingerprint density at radius 3 is 2.00 bits per heavy atom. The smallest absolute Gasteiger partial charge is 0.165 e. The molecule has 0 aliphatic heterocycles. The number of phenolic OH excluding ortho intramolecular Hbond substituents is 1. The van der Waals surface area contributed by atoms with Gasteiger partial charge < -0.3 is 25.7 Å². The number of hydrogen-bond donors (Lipinski definition) is 1. The number of methoxy groups -OCH3 is 3. The standard InChI is InChI=1S/C28H35O4P.C8H13.CH3.Ni/c1-17-13-18(2)26(22(14-17)31-8)33(24-12-10-11-21(25(24)29)28(4,5)6)27-19(3)15-20(30-7)16-23(27)32-9;1-2-4-6-8-7-5-3-1;;/h10-16,29H,1-9H3;1-2,7H,3-6,8H2;1H3;/q;-1;+1;/p+1/b;2-1-;;. The minimum atomic E-state index is -1.73. The van der Waals surface area contributed by atoms with Crippen LogP contribution in [0, 0.1) is 34.6 Å². The zero-order valence-electron chi connectivity index (χ0n) is 27.8. The maximum absolute atomic E-state index is 11.6. The summed E-state index contributed by atoms with van der Waals surface area (Å²) >= 11 is 0. The minimum absolute atomic E-state index is 0. The van der Waals surface area contributed by atoms with Crippen LogP contribution in [0.5, 0.6) is 23.0 Å². The van der Waals surface area contributed by atoms with Crippen molar-refractivity contribution in [3.63, 3.8) is 0 Å². The molecule has 1 unspecified atom stereocenters. The van der Waals surface area contributed by atoms with Crippen LogP contribution in [0.2, 0.25) is 0 Å². The number of para-hydroxylation sites is 1. The molecular formula is C37H52NiO4P+. The molecule has 1 aliphatic carbocycles. The van der Waals surface area contributed by atoms with E-state index >= 15 is 0 Å². The van der Waals surface area contributed by atoms with Crippen molar-refractivity contribution in [2.75, 3.05) is 21.3 Å². The molecule has 6 heteroatoms. The number of benzene rings is 3. The third-order valence-electron chi connectivity index (χ3n) is 7.49. The van der Waals surface area contributed by atoms with Crippen LogP contribution in [0.1, 0.15) is 75.1 Å². The van der Waals surface area contributed by atoms with E-state index in [1.165, 1.54) is 32.1 Å². The maximum atomic E-state index is 11.6. The molecule has 0 heterocycles. The second kappa shape index (κ2) is 17.6. The second-order valence-corrected chi connectivity index (χ2v) is 14.1. The van der Waals surface area contributed by atoms with E-state index in [2.05, 4.69) is 72.2 Å². The molecule has 1 atom stereocenters. The Morgan fingerprint density at radius 1 is 0.791 bits per heavy atom. The summed E-state index contributed by atoms with van der Waals surface area (Å²) in [7, 11) is 3.32. The second-order valence-electron chi connectivity index (χ2n) is 11.8. The summed E-state index contributed by atoms with van der Waals surface area (Å²) in [6.45, 7) is 12.6. The number of aryl methyl sites for hydroxylation is 3. The Labute approximate surface area is 272 Å². The average Bonchev–Trinajstić information content (AvgIpc) is 2.90. The van der Waals surface area contributed by atoms with E-state index in [1.807, 2.05) is 30.3 Å². The van der Waals surface area contributed by atoms with Crippen LogP contribution in [-0.2, 0) is 21.9 Å². The van der Waals surface area contributed by atoms with Gasteiger partial charge in [-0.1, -0.05) is 64.0 Å². The summed E-state index contributed by atoms with van der Waals surface area (Å²) < 4.78 is 17.3. The Morgan fingerprint density at radius 2 is 1.40 bits per heavy atom. The normalized spacial score (nSPS) is 14.3. The Balaban J connectivity index is 0.000000802. The van der Waals surface area contributed by atoms with E-state index in [1.54, 1.807) is 21.3 Å². The van der Waals surface area contributed by atoms with Gasteiger partial charge in [-0.3, -0.25) is 0 Å². The molecule has 0 bridgehead atoms. The van der Waals surface area contributed by atoms with Crippen LogP contribution in [-0.4, -0.2) is 26.4 Å². The predicted octanol–water partition coefficient (Wildman–Crippen LogP) is 8.29. The van der Waals surface area contributed by atoms with Crippen molar-refractivity contribution in [1.82, 2.24) is 0 Å². The van der Waals surface area contributed by atoms with Crippen LogP contribution in [0.15, 0.2) is 54.6 Å². The van der Waals surface area contributed by atoms with Crippen molar-refractivity contribution in [2.45, 2.75) is 79.1 Å². The summed E-state index contributed by atoms with van der Waals surface area (Å²) in [5, 5.41) is 14.7. The van der Waals surface area contributed by atoms with E-state index in [0.717, 1.165) is 55.4 Å². The molecule has 238 valence electrons. The number of rotatable bonds is 6. The number of phenols is 1. The zero-order chi connectivity index (χ0) is 30.2. The van der Waals surface area contributed by atoms with Crippen molar-refractivity contribution in [3.05, 3.63) is 90.7 Å². The fraction of sp³-hybridized carbons (Fsp3) is 0.405. The van der Waals surface area contributed by atoms with Crippen LogP contribution < -0.4 is 30.1 Å². The SMILES string of the molecule is C1=C\CCC[CH-]CC/1.COc1cc(C)c([PH+](c2cccc(C(C)(C)C)c2O)c2c(C)cc(C)cc2OC)c(OC)c1.[CH3+].[Ni]. The Bertz CT molecular complexity index is 1330. The minimum Gasteiger partial charge on any atom is -0.504 e. The first kappa shape index (κ1) is 38.4. The van der Waals surface area contributed by atoms with Gasteiger partial charge in [-0.15, -0.1) is 0 Å². The molecule has 0 aromatic heterocycles. The fourth-order valence-electron chi connectivity index (χ4n) is 5.45. The van der Waals surface area contributed by atoms with Gasteiger partial charge in [0.25, 0.3) is 0 Å². The molecule has 4 rings (SSSR count). The van der Waals surface area contributed by atoms with Gasteiger partial charge in [0.05, 0.1) is 21.3 Å². The Kier molecular flexibility index (Phi) is 15.8. The maximum Gasteiger partial charge on any atom is 0.165 e. The molecule has 0 radical (unpaired) electrons. The van der Waals surface area contributed by atoms with E-state index in [4.69, 9.17) is 14.2 Å². The van der Waals surface area contributed by atoms with Crippen molar-refractivity contribution in [3.8, 4) is 23.0 Å². The monoisotopic (exact) mass is 649 g/mol. The summed E-state index contributed by atoms with van der Waals surface area (Å²) in [5.41, 5.74) is 4.07. The van der Waals surface area contributed by atoms with Crippen molar-refractivity contribution >= 4 is 23.8 Å². The largest absolute Gasteiger partial charge is 0.504 e. The van der Waals surface area contributed by atoms with E-state index in [0.29, 0.717) is 5.75 Å². The summed E-state index contributed by atoms with van der Waals surface area (Å²) in [6.07, 6.45) is 13.5. The quantitative estimate of drug-likeness (QED) is 0.126. The molecule has 1 N–H and O–H groups in total. The van der Waals surface area contributed by atoms with E-state index in [-0.39, 0.29) is 29.3 Å². The summed E-state index contributed by atoms with van der Waals surface area (Å²) in [4.78, 5) is 0.